The SMILES string of the molecule is COc1c(C=O)cc2c(c1OC)CCC2. The summed E-state index contributed by atoms with van der Waals surface area (Å²) in [6.45, 7) is 0. The lowest BCUT2D eigenvalue weighted by Gasteiger charge is -2.14. The van der Waals surface area contributed by atoms with Gasteiger partial charge in [0, 0.05) is 5.56 Å². The van der Waals surface area contributed by atoms with Crippen molar-refractivity contribution in [1.82, 2.24) is 0 Å². The summed E-state index contributed by atoms with van der Waals surface area (Å²) in [5.41, 5.74) is 2.99. The van der Waals surface area contributed by atoms with E-state index >= 15 is 0 Å². The molecule has 0 bridgehead atoms. The van der Waals surface area contributed by atoms with E-state index < -0.39 is 0 Å². The Morgan fingerprint density at radius 3 is 2.53 bits per heavy atom. The summed E-state index contributed by atoms with van der Waals surface area (Å²) in [6.07, 6.45) is 3.97. The molecule has 3 nitrogen and oxygen atoms in total. The van der Waals surface area contributed by atoms with Crippen LogP contribution in [0.25, 0.3) is 0 Å². The normalized spacial score (nSPS) is 13.5. The number of aryl methyl sites for hydroxylation is 1. The average Bonchev–Trinajstić information content (AvgIpc) is 2.73. The molecule has 0 atom stereocenters. The Balaban J connectivity index is 2.66. The largest absolute Gasteiger partial charge is 0.493 e. The molecule has 0 aliphatic heterocycles. The first-order valence-electron chi connectivity index (χ1n) is 5.03. The first-order valence-corrected chi connectivity index (χ1v) is 5.03. The second-order valence-corrected chi connectivity index (χ2v) is 3.64. The monoisotopic (exact) mass is 206 g/mol. The van der Waals surface area contributed by atoms with Crippen LogP contribution in [-0.2, 0) is 12.8 Å². The number of hydrogen-bond acceptors (Lipinski definition) is 3. The van der Waals surface area contributed by atoms with E-state index in [-0.39, 0.29) is 0 Å². The molecule has 1 aromatic rings. The molecule has 0 saturated carbocycles. The minimum Gasteiger partial charge on any atom is -0.493 e. The summed E-state index contributed by atoms with van der Waals surface area (Å²) in [4.78, 5) is 10.9. The van der Waals surface area contributed by atoms with Crippen LogP contribution in [0.3, 0.4) is 0 Å². The van der Waals surface area contributed by atoms with Crippen LogP contribution in [0.1, 0.15) is 27.9 Å². The molecule has 1 aromatic carbocycles. The second kappa shape index (κ2) is 3.93. The van der Waals surface area contributed by atoms with Crippen molar-refractivity contribution >= 4 is 6.29 Å². The van der Waals surface area contributed by atoms with Crippen molar-refractivity contribution in [2.24, 2.45) is 0 Å². The Hall–Kier alpha value is -1.51. The van der Waals surface area contributed by atoms with Crippen molar-refractivity contribution in [2.75, 3.05) is 14.2 Å². The molecular weight excluding hydrogens is 192 g/mol. The lowest BCUT2D eigenvalue weighted by molar-refractivity contribution is 0.112. The van der Waals surface area contributed by atoms with Crippen LogP contribution < -0.4 is 9.47 Å². The summed E-state index contributed by atoms with van der Waals surface area (Å²) in [5, 5.41) is 0. The third-order valence-electron chi connectivity index (χ3n) is 2.87. The van der Waals surface area contributed by atoms with Crippen LogP contribution in [0.2, 0.25) is 0 Å². The number of fused-ring (bicyclic) bond motifs is 1. The quantitative estimate of drug-likeness (QED) is 0.709. The van der Waals surface area contributed by atoms with Gasteiger partial charge >= 0.3 is 0 Å². The van der Waals surface area contributed by atoms with Crippen LogP contribution in [0.5, 0.6) is 11.5 Å². The van der Waals surface area contributed by atoms with Crippen molar-refractivity contribution in [3.05, 3.63) is 22.8 Å². The first-order chi connectivity index (χ1) is 7.31. The minimum atomic E-state index is 0.563. The van der Waals surface area contributed by atoms with Crippen molar-refractivity contribution in [1.29, 1.82) is 0 Å². The molecule has 0 N–H and O–H groups in total. The molecule has 0 fully saturated rings. The van der Waals surface area contributed by atoms with Gasteiger partial charge in [0.25, 0.3) is 0 Å². The third-order valence-corrected chi connectivity index (χ3v) is 2.87. The number of methoxy groups -OCH3 is 2. The Labute approximate surface area is 89.0 Å². The predicted octanol–water partition coefficient (Wildman–Crippen LogP) is 2.00. The third kappa shape index (κ3) is 1.48. The molecular formula is C12H14O3. The van der Waals surface area contributed by atoms with Gasteiger partial charge in [-0.2, -0.15) is 0 Å². The molecule has 0 unspecified atom stereocenters. The zero-order chi connectivity index (χ0) is 10.8. The van der Waals surface area contributed by atoms with E-state index in [1.165, 1.54) is 11.1 Å². The number of benzene rings is 1. The molecule has 15 heavy (non-hydrogen) atoms. The van der Waals surface area contributed by atoms with E-state index in [9.17, 15) is 4.79 Å². The highest BCUT2D eigenvalue weighted by atomic mass is 16.5. The summed E-state index contributed by atoms with van der Waals surface area (Å²) >= 11 is 0. The zero-order valence-electron chi connectivity index (χ0n) is 9.00. The highest BCUT2D eigenvalue weighted by molar-refractivity contribution is 5.83. The minimum absolute atomic E-state index is 0.563. The van der Waals surface area contributed by atoms with Crippen molar-refractivity contribution < 1.29 is 14.3 Å². The van der Waals surface area contributed by atoms with Crippen LogP contribution in [0.15, 0.2) is 6.07 Å². The van der Waals surface area contributed by atoms with Gasteiger partial charge in [-0.15, -0.1) is 0 Å². The molecule has 0 amide bonds. The molecule has 0 spiro atoms. The Bertz CT molecular complexity index is 396. The molecule has 0 radical (unpaired) electrons. The number of aldehydes is 1. The van der Waals surface area contributed by atoms with Gasteiger partial charge in [0.15, 0.2) is 17.8 Å². The van der Waals surface area contributed by atoms with Gasteiger partial charge in [0.2, 0.25) is 0 Å². The fourth-order valence-electron chi connectivity index (χ4n) is 2.22. The highest BCUT2D eigenvalue weighted by Gasteiger charge is 2.22. The molecule has 3 heteroatoms. The van der Waals surface area contributed by atoms with Crippen LogP contribution in [-0.4, -0.2) is 20.5 Å². The fourth-order valence-corrected chi connectivity index (χ4v) is 2.22. The van der Waals surface area contributed by atoms with Gasteiger partial charge in [-0.1, -0.05) is 0 Å². The van der Waals surface area contributed by atoms with E-state index in [1.807, 2.05) is 6.07 Å². The van der Waals surface area contributed by atoms with Crippen molar-refractivity contribution in [3.63, 3.8) is 0 Å². The van der Waals surface area contributed by atoms with Gasteiger partial charge in [0.1, 0.15) is 0 Å². The summed E-state index contributed by atoms with van der Waals surface area (Å²) in [6, 6.07) is 1.91. The maximum Gasteiger partial charge on any atom is 0.171 e. The van der Waals surface area contributed by atoms with Gasteiger partial charge in [-0.3, -0.25) is 4.79 Å². The van der Waals surface area contributed by atoms with Gasteiger partial charge in [-0.05, 0) is 30.9 Å². The van der Waals surface area contributed by atoms with Gasteiger partial charge in [-0.25, -0.2) is 0 Å². The summed E-state index contributed by atoms with van der Waals surface area (Å²) in [7, 11) is 3.18. The van der Waals surface area contributed by atoms with Crippen LogP contribution in [0.4, 0.5) is 0 Å². The molecule has 80 valence electrons. The molecule has 1 aliphatic carbocycles. The van der Waals surface area contributed by atoms with E-state index in [1.54, 1.807) is 14.2 Å². The predicted molar refractivity (Wildman–Crippen MR) is 57.0 cm³/mol. The lowest BCUT2D eigenvalue weighted by Crippen LogP contribution is -2.00. The smallest absolute Gasteiger partial charge is 0.171 e. The average molecular weight is 206 g/mol. The van der Waals surface area contributed by atoms with E-state index in [0.29, 0.717) is 11.3 Å². The first kappa shape index (κ1) is 10.0. The lowest BCUT2D eigenvalue weighted by atomic mass is 10.0. The second-order valence-electron chi connectivity index (χ2n) is 3.64. The molecule has 0 saturated heterocycles. The Morgan fingerprint density at radius 1 is 1.20 bits per heavy atom. The Morgan fingerprint density at radius 2 is 1.93 bits per heavy atom. The summed E-state index contributed by atoms with van der Waals surface area (Å²) < 4.78 is 10.6. The van der Waals surface area contributed by atoms with E-state index in [4.69, 9.17) is 9.47 Å². The van der Waals surface area contributed by atoms with Crippen molar-refractivity contribution in [3.8, 4) is 11.5 Å². The maximum atomic E-state index is 10.9. The molecule has 1 aliphatic rings. The number of rotatable bonds is 3. The van der Waals surface area contributed by atoms with Gasteiger partial charge < -0.3 is 9.47 Å². The van der Waals surface area contributed by atoms with E-state index in [2.05, 4.69) is 0 Å². The maximum absolute atomic E-state index is 10.9. The van der Waals surface area contributed by atoms with E-state index in [0.717, 1.165) is 31.3 Å². The molecule has 2 rings (SSSR count). The van der Waals surface area contributed by atoms with Crippen LogP contribution in [0, 0.1) is 0 Å². The highest BCUT2D eigenvalue weighted by Crippen LogP contribution is 2.40. The van der Waals surface area contributed by atoms with Crippen molar-refractivity contribution in [2.45, 2.75) is 19.3 Å². The number of ether oxygens (including phenoxy) is 2. The Kier molecular flexibility index (Phi) is 2.62. The van der Waals surface area contributed by atoms with Gasteiger partial charge in [0.05, 0.1) is 19.8 Å². The zero-order valence-corrected chi connectivity index (χ0v) is 9.00. The topological polar surface area (TPSA) is 35.5 Å². The number of carbonyl (C=O) groups excluding carboxylic acids is 1. The molecule has 0 aromatic heterocycles. The number of carbonyl (C=O) groups is 1. The summed E-state index contributed by atoms with van der Waals surface area (Å²) in [5.74, 6) is 1.29. The standard InChI is InChI=1S/C12H14O3/c1-14-11-9(7-13)6-8-4-3-5-10(8)12(11)15-2/h6-7H,3-5H2,1-2H3. The molecule has 0 heterocycles. The fraction of sp³-hybridized carbons (Fsp3) is 0.417. The van der Waals surface area contributed by atoms with Crippen LogP contribution >= 0.6 is 0 Å². The number of hydrogen-bond donors (Lipinski definition) is 0.